The van der Waals surface area contributed by atoms with Crippen LogP contribution in [0.2, 0.25) is 0 Å². The van der Waals surface area contributed by atoms with E-state index in [0.29, 0.717) is 11.9 Å². The summed E-state index contributed by atoms with van der Waals surface area (Å²) in [7, 11) is 0. The zero-order chi connectivity index (χ0) is 15.7. The minimum atomic E-state index is -0.248. The van der Waals surface area contributed by atoms with Crippen molar-refractivity contribution >= 4 is 17.5 Å². The van der Waals surface area contributed by atoms with Crippen LogP contribution < -0.4 is 10.6 Å². The molecule has 116 valence electrons. The van der Waals surface area contributed by atoms with E-state index in [9.17, 15) is 4.39 Å². The third-order valence-electron chi connectivity index (χ3n) is 3.35. The standard InChI is InChI=1S/C17H21FN4/c1-17(2,3)22-16-20-14(11-4-5-11)10-15(21-16)19-13-8-6-12(18)7-9-13/h6-11H,4-5H2,1-3H3,(H2,19,20,21,22). The molecule has 1 fully saturated rings. The van der Waals surface area contributed by atoms with Gasteiger partial charge in [0.25, 0.3) is 0 Å². The monoisotopic (exact) mass is 300 g/mol. The molecule has 1 aliphatic rings. The molecule has 0 bridgehead atoms. The zero-order valence-corrected chi connectivity index (χ0v) is 13.2. The maximum Gasteiger partial charge on any atom is 0.225 e. The van der Waals surface area contributed by atoms with Crippen LogP contribution in [0.3, 0.4) is 0 Å². The van der Waals surface area contributed by atoms with Crippen molar-refractivity contribution in [2.45, 2.75) is 45.1 Å². The second-order valence-corrected chi connectivity index (χ2v) is 6.78. The highest BCUT2D eigenvalue weighted by Crippen LogP contribution is 2.40. The van der Waals surface area contributed by atoms with Crippen LogP contribution >= 0.6 is 0 Å². The van der Waals surface area contributed by atoms with E-state index in [1.165, 1.54) is 25.0 Å². The van der Waals surface area contributed by atoms with Gasteiger partial charge in [-0.15, -0.1) is 0 Å². The van der Waals surface area contributed by atoms with Crippen molar-refractivity contribution in [3.05, 3.63) is 41.8 Å². The fourth-order valence-corrected chi connectivity index (χ4v) is 2.19. The largest absolute Gasteiger partial charge is 0.350 e. The first-order valence-electron chi connectivity index (χ1n) is 7.59. The van der Waals surface area contributed by atoms with Crippen LogP contribution in [0.4, 0.5) is 21.8 Å². The van der Waals surface area contributed by atoms with E-state index in [1.807, 2.05) is 6.07 Å². The third kappa shape index (κ3) is 3.93. The van der Waals surface area contributed by atoms with Crippen molar-refractivity contribution in [2.75, 3.05) is 10.6 Å². The van der Waals surface area contributed by atoms with E-state index in [0.717, 1.165) is 17.2 Å². The first-order chi connectivity index (χ1) is 10.4. The highest BCUT2D eigenvalue weighted by molar-refractivity contribution is 5.58. The molecule has 4 nitrogen and oxygen atoms in total. The second kappa shape index (κ2) is 5.55. The molecule has 0 aliphatic heterocycles. The molecule has 22 heavy (non-hydrogen) atoms. The average molecular weight is 300 g/mol. The lowest BCUT2D eigenvalue weighted by molar-refractivity contribution is 0.625. The van der Waals surface area contributed by atoms with E-state index < -0.39 is 0 Å². The lowest BCUT2D eigenvalue weighted by Gasteiger charge is -2.21. The number of halogens is 1. The Bertz CT molecular complexity index is 657. The lowest BCUT2D eigenvalue weighted by Crippen LogP contribution is -2.27. The van der Waals surface area contributed by atoms with Crippen molar-refractivity contribution in [1.29, 1.82) is 0 Å². The van der Waals surface area contributed by atoms with E-state index in [4.69, 9.17) is 0 Å². The van der Waals surface area contributed by atoms with E-state index in [1.54, 1.807) is 12.1 Å². The number of hydrogen-bond donors (Lipinski definition) is 2. The number of benzene rings is 1. The van der Waals surface area contributed by atoms with Crippen molar-refractivity contribution in [3.8, 4) is 0 Å². The Morgan fingerprint density at radius 2 is 1.77 bits per heavy atom. The van der Waals surface area contributed by atoms with Gasteiger partial charge in [0.1, 0.15) is 11.6 Å². The van der Waals surface area contributed by atoms with Gasteiger partial charge in [-0.1, -0.05) is 0 Å². The highest BCUT2D eigenvalue weighted by atomic mass is 19.1. The molecule has 0 spiro atoms. The summed E-state index contributed by atoms with van der Waals surface area (Å²) in [6, 6.07) is 8.24. The summed E-state index contributed by atoms with van der Waals surface area (Å²) in [6.07, 6.45) is 2.36. The zero-order valence-electron chi connectivity index (χ0n) is 13.2. The summed E-state index contributed by atoms with van der Waals surface area (Å²) in [4.78, 5) is 9.13. The summed E-state index contributed by atoms with van der Waals surface area (Å²) in [5.74, 6) is 1.65. The highest BCUT2D eigenvalue weighted by Gasteiger charge is 2.26. The fraction of sp³-hybridized carbons (Fsp3) is 0.412. The molecule has 0 radical (unpaired) electrons. The molecular formula is C17H21FN4. The molecule has 1 aromatic heterocycles. The van der Waals surface area contributed by atoms with Gasteiger partial charge in [0, 0.05) is 23.2 Å². The quantitative estimate of drug-likeness (QED) is 0.876. The summed E-state index contributed by atoms with van der Waals surface area (Å²) in [6.45, 7) is 6.23. The van der Waals surface area contributed by atoms with Crippen molar-refractivity contribution < 1.29 is 4.39 Å². The molecule has 0 unspecified atom stereocenters. The molecule has 5 heteroatoms. The van der Waals surface area contributed by atoms with Gasteiger partial charge >= 0.3 is 0 Å². The molecular weight excluding hydrogens is 279 g/mol. The van der Waals surface area contributed by atoms with Crippen LogP contribution in [0.5, 0.6) is 0 Å². The molecule has 2 N–H and O–H groups in total. The number of nitrogens with zero attached hydrogens (tertiary/aromatic N) is 2. The van der Waals surface area contributed by atoms with Gasteiger partial charge in [-0.2, -0.15) is 4.98 Å². The van der Waals surface area contributed by atoms with Gasteiger partial charge in [-0.3, -0.25) is 0 Å². The van der Waals surface area contributed by atoms with Gasteiger partial charge in [0.05, 0.1) is 5.69 Å². The SMILES string of the molecule is CC(C)(C)Nc1nc(Nc2ccc(F)cc2)cc(C2CC2)n1. The van der Waals surface area contributed by atoms with Gasteiger partial charge in [-0.05, 0) is 57.9 Å². The summed E-state index contributed by atoms with van der Waals surface area (Å²) in [5.41, 5.74) is 1.77. The molecule has 1 aliphatic carbocycles. The molecule has 1 saturated carbocycles. The average Bonchev–Trinajstić information content (AvgIpc) is 3.23. The fourth-order valence-electron chi connectivity index (χ4n) is 2.19. The summed E-state index contributed by atoms with van der Waals surface area (Å²) >= 11 is 0. The van der Waals surface area contributed by atoms with Crippen LogP contribution in [-0.2, 0) is 0 Å². The second-order valence-electron chi connectivity index (χ2n) is 6.78. The van der Waals surface area contributed by atoms with Crippen LogP contribution in [0.25, 0.3) is 0 Å². The number of rotatable bonds is 4. The maximum atomic E-state index is 13.0. The molecule has 0 saturated heterocycles. The molecule has 0 amide bonds. The molecule has 3 rings (SSSR count). The molecule has 0 atom stereocenters. The van der Waals surface area contributed by atoms with Crippen molar-refractivity contribution in [2.24, 2.45) is 0 Å². The molecule has 1 aromatic carbocycles. The van der Waals surface area contributed by atoms with Gasteiger partial charge in [0.15, 0.2) is 0 Å². The van der Waals surface area contributed by atoms with Crippen molar-refractivity contribution in [3.63, 3.8) is 0 Å². The number of anilines is 3. The van der Waals surface area contributed by atoms with Crippen LogP contribution in [0.1, 0.15) is 45.2 Å². The van der Waals surface area contributed by atoms with Gasteiger partial charge in [0.2, 0.25) is 5.95 Å². The third-order valence-corrected chi connectivity index (χ3v) is 3.35. The predicted molar refractivity (Wildman–Crippen MR) is 87.1 cm³/mol. The first-order valence-corrected chi connectivity index (χ1v) is 7.59. The normalized spacial score (nSPS) is 14.7. The van der Waals surface area contributed by atoms with E-state index in [-0.39, 0.29) is 11.4 Å². The molecule has 1 heterocycles. The smallest absolute Gasteiger partial charge is 0.225 e. The van der Waals surface area contributed by atoms with Gasteiger partial charge < -0.3 is 10.6 Å². The summed E-state index contributed by atoms with van der Waals surface area (Å²) in [5, 5.41) is 6.54. The Hall–Kier alpha value is -2.17. The Balaban J connectivity index is 1.87. The maximum absolute atomic E-state index is 13.0. The van der Waals surface area contributed by atoms with Crippen molar-refractivity contribution in [1.82, 2.24) is 9.97 Å². The number of aromatic nitrogens is 2. The topological polar surface area (TPSA) is 49.8 Å². The lowest BCUT2D eigenvalue weighted by atomic mass is 10.1. The molecule has 2 aromatic rings. The Kier molecular flexibility index (Phi) is 3.72. The van der Waals surface area contributed by atoms with Crippen LogP contribution in [0, 0.1) is 5.82 Å². The van der Waals surface area contributed by atoms with E-state index >= 15 is 0 Å². The summed E-state index contributed by atoms with van der Waals surface area (Å²) < 4.78 is 13.0. The van der Waals surface area contributed by atoms with Crippen LogP contribution in [-0.4, -0.2) is 15.5 Å². The Morgan fingerprint density at radius 1 is 1.09 bits per heavy atom. The van der Waals surface area contributed by atoms with Crippen LogP contribution in [0.15, 0.2) is 30.3 Å². The Labute approximate surface area is 130 Å². The number of hydrogen-bond acceptors (Lipinski definition) is 4. The minimum Gasteiger partial charge on any atom is -0.350 e. The Morgan fingerprint density at radius 3 is 2.36 bits per heavy atom. The minimum absolute atomic E-state index is 0.102. The predicted octanol–water partition coefficient (Wildman–Crippen LogP) is 4.45. The van der Waals surface area contributed by atoms with E-state index in [2.05, 4.69) is 41.4 Å². The first kappa shape index (κ1) is 14.8. The van der Waals surface area contributed by atoms with Gasteiger partial charge in [-0.25, -0.2) is 9.37 Å². The number of nitrogens with one attached hydrogen (secondary N) is 2.